The quantitative estimate of drug-likeness (QED) is 0.587. The third-order valence-corrected chi connectivity index (χ3v) is 4.39. The van der Waals surface area contributed by atoms with Crippen LogP contribution >= 0.6 is 0 Å². The van der Waals surface area contributed by atoms with Crippen molar-refractivity contribution in [3.8, 4) is 11.5 Å². The lowest BCUT2D eigenvalue weighted by Crippen LogP contribution is -2.44. The lowest BCUT2D eigenvalue weighted by atomic mass is 9.88. The Morgan fingerprint density at radius 1 is 1.07 bits per heavy atom. The number of rotatable bonds is 7. The zero-order valence-electron chi connectivity index (χ0n) is 15.8. The first-order valence-corrected chi connectivity index (χ1v) is 8.92. The van der Waals surface area contributed by atoms with Crippen LogP contribution in [0.15, 0.2) is 59.6 Å². The van der Waals surface area contributed by atoms with Gasteiger partial charge in [-0.3, -0.25) is 4.79 Å². The molecule has 1 aliphatic heterocycles. The van der Waals surface area contributed by atoms with Gasteiger partial charge in [0.2, 0.25) is 0 Å². The van der Waals surface area contributed by atoms with Crippen molar-refractivity contribution in [2.24, 2.45) is 10.9 Å². The second-order valence-corrected chi connectivity index (χ2v) is 6.26. The highest BCUT2D eigenvalue weighted by Crippen LogP contribution is 2.30. The van der Waals surface area contributed by atoms with E-state index in [1.165, 1.54) is 0 Å². The van der Waals surface area contributed by atoms with E-state index in [1.807, 2.05) is 36.4 Å². The molecule has 2 unspecified atom stereocenters. The Labute approximate surface area is 163 Å². The Morgan fingerprint density at radius 2 is 1.82 bits per heavy atom. The van der Waals surface area contributed by atoms with Gasteiger partial charge in [-0.05, 0) is 36.8 Å². The number of nitrogens with one attached hydrogen (secondary N) is 1. The molecular formula is C21H22N2O5. The number of methoxy groups -OCH3 is 1. The van der Waals surface area contributed by atoms with Crippen LogP contribution in [-0.2, 0) is 9.53 Å². The minimum atomic E-state index is -0.721. The third kappa shape index (κ3) is 4.68. The van der Waals surface area contributed by atoms with Crippen molar-refractivity contribution in [2.75, 3.05) is 20.3 Å². The second kappa shape index (κ2) is 9.03. The minimum absolute atomic E-state index is 0.0935. The van der Waals surface area contributed by atoms with E-state index in [4.69, 9.17) is 14.2 Å². The van der Waals surface area contributed by atoms with Gasteiger partial charge in [0.25, 0.3) is 0 Å². The summed E-state index contributed by atoms with van der Waals surface area (Å²) in [6.07, 6.45) is 0. The molecule has 0 saturated heterocycles. The number of hydrogen-bond donors (Lipinski definition) is 1. The number of urea groups is 1. The normalized spacial score (nSPS) is 18.6. The molecule has 1 heterocycles. The van der Waals surface area contributed by atoms with Gasteiger partial charge in [0.15, 0.2) is 0 Å². The molecule has 7 heteroatoms. The van der Waals surface area contributed by atoms with Crippen LogP contribution in [0.1, 0.15) is 18.5 Å². The SMILES string of the molecule is COc1cccc(C2NC(=O)N=C(C)C2C(=O)OCCOc2ccccc2)c1. The van der Waals surface area contributed by atoms with Gasteiger partial charge in [0.05, 0.1) is 13.2 Å². The van der Waals surface area contributed by atoms with Crippen LogP contribution < -0.4 is 14.8 Å². The summed E-state index contributed by atoms with van der Waals surface area (Å²) >= 11 is 0. The maximum atomic E-state index is 12.7. The molecule has 0 aromatic heterocycles. The Bertz CT molecular complexity index is 866. The monoisotopic (exact) mass is 382 g/mol. The standard InChI is InChI=1S/C21H22N2O5/c1-14-18(20(24)28-12-11-27-16-8-4-3-5-9-16)19(23-21(25)22-14)15-7-6-10-17(13-15)26-2/h3-10,13,18-19H,11-12H2,1-2H3,(H,23,25). The van der Waals surface area contributed by atoms with Gasteiger partial charge in [-0.15, -0.1) is 0 Å². The molecule has 0 radical (unpaired) electrons. The number of hydrogen-bond acceptors (Lipinski definition) is 5. The highest BCUT2D eigenvalue weighted by atomic mass is 16.6. The van der Waals surface area contributed by atoms with Crippen molar-refractivity contribution < 1.29 is 23.8 Å². The highest BCUT2D eigenvalue weighted by molar-refractivity contribution is 6.08. The maximum absolute atomic E-state index is 12.7. The number of carbonyl (C=O) groups is 2. The van der Waals surface area contributed by atoms with Gasteiger partial charge < -0.3 is 19.5 Å². The van der Waals surface area contributed by atoms with Gasteiger partial charge in [0, 0.05) is 5.71 Å². The summed E-state index contributed by atoms with van der Waals surface area (Å²) in [4.78, 5) is 28.5. The number of esters is 1. The molecule has 1 N–H and O–H groups in total. The molecule has 2 atom stereocenters. The number of nitrogens with zero attached hydrogens (tertiary/aromatic N) is 1. The Kier molecular flexibility index (Phi) is 6.26. The summed E-state index contributed by atoms with van der Waals surface area (Å²) in [5.74, 6) is 0.151. The van der Waals surface area contributed by atoms with Gasteiger partial charge in [-0.1, -0.05) is 30.3 Å². The molecule has 2 aromatic rings. The van der Waals surface area contributed by atoms with E-state index < -0.39 is 24.0 Å². The topological polar surface area (TPSA) is 86.2 Å². The number of benzene rings is 2. The predicted octanol–water partition coefficient (Wildman–Crippen LogP) is 3.16. The number of ether oxygens (including phenoxy) is 3. The lowest BCUT2D eigenvalue weighted by molar-refractivity contribution is -0.147. The minimum Gasteiger partial charge on any atom is -0.497 e. The first kappa shape index (κ1) is 19.4. The number of carbonyl (C=O) groups excluding carboxylic acids is 2. The van der Waals surface area contributed by atoms with Gasteiger partial charge >= 0.3 is 12.0 Å². The van der Waals surface area contributed by atoms with Crippen LogP contribution in [0.2, 0.25) is 0 Å². The van der Waals surface area contributed by atoms with Crippen molar-refractivity contribution >= 4 is 17.7 Å². The van der Waals surface area contributed by atoms with E-state index in [2.05, 4.69) is 10.3 Å². The number of amides is 2. The third-order valence-electron chi connectivity index (χ3n) is 4.39. The van der Waals surface area contributed by atoms with Crippen molar-refractivity contribution in [1.82, 2.24) is 5.32 Å². The van der Waals surface area contributed by atoms with Crippen molar-refractivity contribution in [2.45, 2.75) is 13.0 Å². The zero-order chi connectivity index (χ0) is 19.9. The van der Waals surface area contributed by atoms with Crippen LogP contribution in [0.5, 0.6) is 11.5 Å². The largest absolute Gasteiger partial charge is 0.497 e. The number of aliphatic imine (C=N–C) groups is 1. The Balaban J connectivity index is 1.67. The van der Waals surface area contributed by atoms with E-state index in [1.54, 1.807) is 32.2 Å². The summed E-state index contributed by atoms with van der Waals surface area (Å²) in [7, 11) is 1.56. The molecule has 2 aromatic carbocycles. The smallest absolute Gasteiger partial charge is 0.341 e. The van der Waals surface area contributed by atoms with Crippen molar-refractivity contribution in [3.63, 3.8) is 0 Å². The van der Waals surface area contributed by atoms with E-state index in [0.29, 0.717) is 17.2 Å². The first-order valence-electron chi connectivity index (χ1n) is 8.92. The molecule has 2 amide bonds. The molecular weight excluding hydrogens is 360 g/mol. The van der Waals surface area contributed by atoms with Crippen LogP contribution in [0, 0.1) is 5.92 Å². The average molecular weight is 382 g/mol. The molecule has 146 valence electrons. The van der Waals surface area contributed by atoms with Crippen LogP contribution in [0.4, 0.5) is 4.79 Å². The molecule has 0 spiro atoms. The molecule has 0 bridgehead atoms. The fourth-order valence-electron chi connectivity index (χ4n) is 3.05. The van der Waals surface area contributed by atoms with Crippen LogP contribution in [0.3, 0.4) is 0 Å². The van der Waals surface area contributed by atoms with Gasteiger partial charge in [-0.2, -0.15) is 0 Å². The van der Waals surface area contributed by atoms with Gasteiger partial charge in [0.1, 0.15) is 30.6 Å². The van der Waals surface area contributed by atoms with Crippen molar-refractivity contribution in [1.29, 1.82) is 0 Å². The molecule has 1 aliphatic rings. The fraction of sp³-hybridized carbons (Fsp3) is 0.286. The number of para-hydroxylation sites is 1. The summed E-state index contributed by atoms with van der Waals surface area (Å²) in [6, 6.07) is 15.4. The summed E-state index contributed by atoms with van der Waals surface area (Å²) in [6.45, 7) is 1.98. The van der Waals surface area contributed by atoms with Gasteiger partial charge in [-0.25, -0.2) is 9.79 Å². The maximum Gasteiger partial charge on any atom is 0.341 e. The van der Waals surface area contributed by atoms with Crippen molar-refractivity contribution in [3.05, 3.63) is 60.2 Å². The summed E-state index contributed by atoms with van der Waals surface area (Å²) in [5.41, 5.74) is 1.15. The molecule has 28 heavy (non-hydrogen) atoms. The molecule has 3 rings (SSSR count). The summed E-state index contributed by atoms with van der Waals surface area (Å²) < 4.78 is 16.2. The Hall–Kier alpha value is -3.35. The van der Waals surface area contributed by atoms with E-state index in [0.717, 1.165) is 5.56 Å². The Morgan fingerprint density at radius 3 is 2.57 bits per heavy atom. The van der Waals surface area contributed by atoms with Crippen LogP contribution in [0.25, 0.3) is 0 Å². The average Bonchev–Trinajstić information content (AvgIpc) is 2.71. The van der Waals surface area contributed by atoms with Crippen LogP contribution in [-0.4, -0.2) is 38.0 Å². The molecule has 7 nitrogen and oxygen atoms in total. The lowest BCUT2D eigenvalue weighted by Gasteiger charge is -2.29. The predicted molar refractivity (Wildman–Crippen MR) is 104 cm³/mol. The van der Waals surface area contributed by atoms with E-state index in [9.17, 15) is 9.59 Å². The summed E-state index contributed by atoms with van der Waals surface area (Å²) in [5, 5.41) is 2.75. The zero-order valence-corrected chi connectivity index (χ0v) is 15.8. The fourth-order valence-corrected chi connectivity index (χ4v) is 3.05. The van der Waals surface area contributed by atoms with E-state index in [-0.39, 0.29) is 13.2 Å². The first-order chi connectivity index (χ1) is 13.6. The highest BCUT2D eigenvalue weighted by Gasteiger charge is 2.38. The second-order valence-electron chi connectivity index (χ2n) is 6.26. The molecule has 0 fully saturated rings. The molecule has 0 saturated carbocycles. The van der Waals surface area contributed by atoms with E-state index >= 15 is 0 Å². The molecule has 0 aliphatic carbocycles.